The summed E-state index contributed by atoms with van der Waals surface area (Å²) < 4.78 is 14.2. The van der Waals surface area contributed by atoms with Crippen molar-refractivity contribution in [1.82, 2.24) is 5.32 Å². The van der Waals surface area contributed by atoms with Crippen LogP contribution < -0.4 is 11.1 Å². The Bertz CT molecular complexity index is 786. The molecule has 132 valence electrons. The first kappa shape index (κ1) is 18.6. The minimum atomic E-state index is -0.421. The number of amides is 1. The third kappa shape index (κ3) is 4.66. The van der Waals surface area contributed by atoms with E-state index in [0.29, 0.717) is 34.5 Å². The fraction of sp³-hybridized carbons (Fsp3) is 0.300. The molecule has 0 aromatic heterocycles. The zero-order chi connectivity index (χ0) is 18.6. The lowest BCUT2D eigenvalue weighted by Crippen LogP contribution is -2.30. The van der Waals surface area contributed by atoms with Gasteiger partial charge in [-0.1, -0.05) is 32.0 Å². The monoisotopic (exact) mass is 341 g/mol. The summed E-state index contributed by atoms with van der Waals surface area (Å²) in [6, 6.07) is 10.9. The van der Waals surface area contributed by atoms with Crippen molar-refractivity contribution in [3.63, 3.8) is 0 Å². The van der Waals surface area contributed by atoms with Crippen LogP contribution in [0, 0.1) is 17.1 Å². The van der Waals surface area contributed by atoms with Gasteiger partial charge < -0.3 is 16.5 Å². The number of carbonyl (C=O) groups is 1. The Morgan fingerprint density at radius 3 is 2.52 bits per heavy atom. The highest BCUT2D eigenvalue weighted by Gasteiger charge is 2.20. The number of nitrogens with one attached hydrogen (secondary N) is 2. The fourth-order valence-electron chi connectivity index (χ4n) is 2.76. The molecule has 0 fully saturated rings. The number of rotatable bonds is 6. The number of hydrogen-bond acceptors (Lipinski definition) is 3. The summed E-state index contributed by atoms with van der Waals surface area (Å²) in [4.78, 5) is 12.7. The van der Waals surface area contributed by atoms with Crippen molar-refractivity contribution < 1.29 is 9.18 Å². The van der Waals surface area contributed by atoms with Crippen molar-refractivity contribution in [3.05, 3.63) is 65.0 Å². The second-order valence-electron chi connectivity index (χ2n) is 6.60. The summed E-state index contributed by atoms with van der Waals surface area (Å²) in [6.45, 7) is 5.67. The standard InChI is InChI=1S/C20H24FN3O/c1-12(2)10-19(15-6-4-5-7-17(15)21)24-20(25)14-8-9-18(23)16(11-14)13(3)22/h4-9,11-12,19,22H,10,23H2,1-3H3,(H,24,25). The van der Waals surface area contributed by atoms with Crippen LogP contribution in [0.4, 0.5) is 10.1 Å². The highest BCUT2D eigenvalue weighted by Crippen LogP contribution is 2.24. The van der Waals surface area contributed by atoms with Gasteiger partial charge in [0.2, 0.25) is 0 Å². The van der Waals surface area contributed by atoms with Crippen molar-refractivity contribution in [2.45, 2.75) is 33.2 Å². The van der Waals surface area contributed by atoms with Crippen LogP contribution in [0.15, 0.2) is 42.5 Å². The van der Waals surface area contributed by atoms with Crippen molar-refractivity contribution >= 4 is 17.3 Å². The third-order valence-electron chi connectivity index (χ3n) is 4.01. The van der Waals surface area contributed by atoms with E-state index in [1.807, 2.05) is 13.8 Å². The molecule has 1 unspecified atom stereocenters. The second kappa shape index (κ2) is 7.92. The number of nitrogen functional groups attached to an aromatic ring is 1. The van der Waals surface area contributed by atoms with Gasteiger partial charge in [0.25, 0.3) is 5.91 Å². The molecule has 0 aliphatic heterocycles. The van der Waals surface area contributed by atoms with E-state index in [2.05, 4.69) is 5.32 Å². The molecule has 5 heteroatoms. The fourth-order valence-corrected chi connectivity index (χ4v) is 2.76. The number of halogens is 1. The van der Waals surface area contributed by atoms with Gasteiger partial charge in [-0.25, -0.2) is 4.39 Å². The number of nitrogens with two attached hydrogens (primary N) is 1. The van der Waals surface area contributed by atoms with E-state index in [-0.39, 0.29) is 17.6 Å². The first-order chi connectivity index (χ1) is 11.8. The predicted octanol–water partition coefficient (Wildman–Crippen LogP) is 4.31. The van der Waals surface area contributed by atoms with E-state index in [1.54, 1.807) is 43.3 Å². The highest BCUT2D eigenvalue weighted by molar-refractivity contribution is 6.04. The first-order valence-corrected chi connectivity index (χ1v) is 8.30. The van der Waals surface area contributed by atoms with Gasteiger partial charge in [-0.05, 0) is 43.5 Å². The van der Waals surface area contributed by atoms with Crippen LogP contribution in [-0.2, 0) is 0 Å². The minimum absolute atomic E-state index is 0.288. The lowest BCUT2D eigenvalue weighted by Gasteiger charge is -2.22. The summed E-state index contributed by atoms with van der Waals surface area (Å²) in [5, 5.41) is 10.7. The van der Waals surface area contributed by atoms with Crippen LogP contribution in [-0.4, -0.2) is 11.6 Å². The number of anilines is 1. The molecule has 25 heavy (non-hydrogen) atoms. The Labute approximate surface area is 147 Å². The van der Waals surface area contributed by atoms with Crippen molar-refractivity contribution in [3.8, 4) is 0 Å². The molecule has 4 nitrogen and oxygen atoms in total. The van der Waals surface area contributed by atoms with E-state index in [9.17, 15) is 9.18 Å². The lowest BCUT2D eigenvalue weighted by atomic mass is 9.96. The molecule has 0 heterocycles. The summed E-state index contributed by atoms with van der Waals surface area (Å²) in [5.41, 5.74) is 8.00. The van der Waals surface area contributed by atoms with E-state index < -0.39 is 6.04 Å². The largest absolute Gasteiger partial charge is 0.398 e. The molecule has 1 atom stereocenters. The molecule has 0 spiro atoms. The zero-order valence-electron chi connectivity index (χ0n) is 14.8. The molecule has 2 aromatic carbocycles. The summed E-state index contributed by atoms with van der Waals surface area (Å²) in [5.74, 6) is -0.353. The summed E-state index contributed by atoms with van der Waals surface area (Å²) >= 11 is 0. The van der Waals surface area contributed by atoms with Gasteiger partial charge in [-0.2, -0.15) is 0 Å². The van der Waals surface area contributed by atoms with Crippen molar-refractivity contribution in [2.75, 3.05) is 5.73 Å². The maximum atomic E-state index is 14.2. The summed E-state index contributed by atoms with van der Waals surface area (Å²) in [6.07, 6.45) is 0.623. The molecule has 1 amide bonds. The zero-order valence-corrected chi connectivity index (χ0v) is 14.8. The topological polar surface area (TPSA) is 79.0 Å². The molecule has 0 saturated heterocycles. The van der Waals surface area contributed by atoms with Gasteiger partial charge in [0.1, 0.15) is 5.82 Å². The molecule has 0 bridgehead atoms. The van der Waals surface area contributed by atoms with Crippen LogP contribution in [0.25, 0.3) is 0 Å². The number of carbonyl (C=O) groups excluding carboxylic acids is 1. The molecule has 0 aliphatic rings. The Kier molecular flexibility index (Phi) is 5.91. The predicted molar refractivity (Wildman–Crippen MR) is 99.4 cm³/mol. The van der Waals surface area contributed by atoms with E-state index in [1.165, 1.54) is 6.07 Å². The molecular weight excluding hydrogens is 317 g/mol. The van der Waals surface area contributed by atoms with Crippen LogP contribution in [0.3, 0.4) is 0 Å². The van der Waals surface area contributed by atoms with Crippen molar-refractivity contribution in [2.24, 2.45) is 5.92 Å². The smallest absolute Gasteiger partial charge is 0.251 e. The quantitative estimate of drug-likeness (QED) is 0.540. The molecule has 0 aliphatic carbocycles. The van der Waals surface area contributed by atoms with E-state index >= 15 is 0 Å². The number of hydrogen-bond donors (Lipinski definition) is 3. The molecule has 2 rings (SSSR count). The summed E-state index contributed by atoms with van der Waals surface area (Å²) in [7, 11) is 0. The van der Waals surface area contributed by atoms with Gasteiger partial charge in [-0.3, -0.25) is 4.79 Å². The average Bonchev–Trinajstić information content (AvgIpc) is 2.54. The Morgan fingerprint density at radius 1 is 1.24 bits per heavy atom. The van der Waals surface area contributed by atoms with Gasteiger partial charge in [0.15, 0.2) is 0 Å². The maximum Gasteiger partial charge on any atom is 0.251 e. The molecular formula is C20H24FN3O. The highest BCUT2D eigenvalue weighted by atomic mass is 19.1. The molecule has 2 aromatic rings. The Morgan fingerprint density at radius 2 is 1.92 bits per heavy atom. The van der Waals surface area contributed by atoms with E-state index in [4.69, 9.17) is 11.1 Å². The minimum Gasteiger partial charge on any atom is -0.398 e. The molecule has 0 saturated carbocycles. The van der Waals surface area contributed by atoms with Crippen molar-refractivity contribution in [1.29, 1.82) is 5.41 Å². The molecule has 4 N–H and O–H groups in total. The maximum absolute atomic E-state index is 14.2. The number of benzene rings is 2. The van der Waals surface area contributed by atoms with Crippen LogP contribution >= 0.6 is 0 Å². The normalized spacial score (nSPS) is 12.0. The lowest BCUT2D eigenvalue weighted by molar-refractivity contribution is 0.0931. The Hall–Kier alpha value is -2.69. The van der Waals surface area contributed by atoms with Crippen LogP contribution in [0.2, 0.25) is 0 Å². The van der Waals surface area contributed by atoms with Gasteiger partial charge >= 0.3 is 0 Å². The Balaban J connectivity index is 2.30. The van der Waals surface area contributed by atoms with Crippen LogP contribution in [0.5, 0.6) is 0 Å². The molecule has 0 radical (unpaired) electrons. The SMILES string of the molecule is CC(=N)c1cc(C(=O)NC(CC(C)C)c2ccccc2F)ccc1N. The third-order valence-corrected chi connectivity index (χ3v) is 4.01. The second-order valence-corrected chi connectivity index (χ2v) is 6.60. The van der Waals surface area contributed by atoms with Crippen LogP contribution in [0.1, 0.15) is 54.7 Å². The first-order valence-electron chi connectivity index (χ1n) is 8.30. The average molecular weight is 341 g/mol. The van der Waals surface area contributed by atoms with Gasteiger partial charge in [0.05, 0.1) is 6.04 Å². The van der Waals surface area contributed by atoms with Gasteiger partial charge in [0, 0.05) is 28.1 Å². The van der Waals surface area contributed by atoms with Gasteiger partial charge in [-0.15, -0.1) is 0 Å². The van der Waals surface area contributed by atoms with E-state index in [0.717, 1.165) is 0 Å².